The van der Waals surface area contributed by atoms with E-state index in [1.807, 2.05) is 37.3 Å². The molecule has 0 radical (unpaired) electrons. The maximum atomic E-state index is 12.6. The largest absolute Gasteiger partial charge is 0.461 e. The van der Waals surface area contributed by atoms with E-state index in [0.29, 0.717) is 31.1 Å². The topological polar surface area (TPSA) is 76.7 Å². The van der Waals surface area contributed by atoms with E-state index in [1.165, 1.54) is 0 Å². The maximum absolute atomic E-state index is 12.6. The molecule has 0 spiro atoms. The number of carbonyl (C=O) groups excluding carboxylic acids is 2. The molecule has 2 N–H and O–H groups in total. The molecule has 0 bridgehead atoms. The summed E-state index contributed by atoms with van der Waals surface area (Å²) in [5.74, 6) is -0.419. The van der Waals surface area contributed by atoms with Gasteiger partial charge in [0.05, 0.1) is 24.8 Å². The molecule has 1 aromatic rings. The summed E-state index contributed by atoms with van der Waals surface area (Å²) in [7, 11) is 0. The minimum absolute atomic E-state index is 0.113. The molecule has 6 nitrogen and oxygen atoms in total. The zero-order chi connectivity index (χ0) is 16.4. The van der Waals surface area contributed by atoms with E-state index < -0.39 is 12.0 Å². The normalized spacial score (nSPS) is 22.7. The average molecular weight is 316 g/mol. The van der Waals surface area contributed by atoms with Crippen molar-refractivity contribution in [2.75, 3.05) is 19.8 Å². The van der Waals surface area contributed by atoms with Crippen molar-refractivity contribution in [2.45, 2.75) is 19.9 Å². The fourth-order valence-electron chi connectivity index (χ4n) is 2.71. The lowest BCUT2D eigenvalue weighted by Crippen LogP contribution is -2.47. The summed E-state index contributed by atoms with van der Waals surface area (Å²) in [5.41, 5.74) is 1.67. The first kappa shape index (κ1) is 15.6. The van der Waals surface area contributed by atoms with Crippen LogP contribution < -0.4 is 10.6 Å². The second-order valence-electron chi connectivity index (χ2n) is 6.36. The zero-order valence-corrected chi connectivity index (χ0v) is 13.2. The molecule has 122 valence electrons. The van der Waals surface area contributed by atoms with Gasteiger partial charge in [-0.1, -0.05) is 37.3 Å². The molecule has 2 aliphatic heterocycles. The first-order valence-electron chi connectivity index (χ1n) is 7.57. The van der Waals surface area contributed by atoms with Gasteiger partial charge in [-0.2, -0.15) is 0 Å². The summed E-state index contributed by atoms with van der Waals surface area (Å²) in [6.45, 7) is 5.21. The predicted molar refractivity (Wildman–Crippen MR) is 83.4 cm³/mol. The summed E-state index contributed by atoms with van der Waals surface area (Å²) in [6.07, 6.45) is 0. The number of amides is 2. The van der Waals surface area contributed by atoms with E-state index in [1.54, 1.807) is 6.92 Å². The van der Waals surface area contributed by atoms with Crippen LogP contribution >= 0.6 is 0 Å². The van der Waals surface area contributed by atoms with Crippen LogP contribution in [-0.2, 0) is 14.3 Å². The lowest BCUT2D eigenvalue weighted by Gasteiger charge is -2.37. The number of carbonyl (C=O) groups is 2. The standard InChI is InChI=1S/C17H20N2O4/c1-11-13(15(20)23-10-17(2)8-22-9-17)14(19-16(21)18-11)12-6-4-3-5-7-12/h3-7,14H,8-10H2,1-2H3,(H2,18,19,21). The highest BCUT2D eigenvalue weighted by atomic mass is 16.5. The van der Waals surface area contributed by atoms with Gasteiger partial charge in [0.15, 0.2) is 0 Å². The number of hydrogen-bond donors (Lipinski definition) is 2. The highest BCUT2D eigenvalue weighted by molar-refractivity contribution is 5.95. The molecule has 1 unspecified atom stereocenters. The third kappa shape index (κ3) is 3.22. The van der Waals surface area contributed by atoms with Gasteiger partial charge in [-0.25, -0.2) is 9.59 Å². The molecular weight excluding hydrogens is 296 g/mol. The van der Waals surface area contributed by atoms with Gasteiger partial charge in [0, 0.05) is 11.1 Å². The molecule has 0 aromatic heterocycles. The number of ether oxygens (including phenoxy) is 2. The Bertz CT molecular complexity index is 650. The van der Waals surface area contributed by atoms with Crippen LogP contribution in [0.2, 0.25) is 0 Å². The van der Waals surface area contributed by atoms with Gasteiger partial charge in [-0.3, -0.25) is 0 Å². The molecule has 1 saturated heterocycles. The van der Waals surface area contributed by atoms with Crippen molar-refractivity contribution in [3.63, 3.8) is 0 Å². The Hall–Kier alpha value is -2.34. The van der Waals surface area contributed by atoms with Crippen molar-refractivity contribution in [1.29, 1.82) is 0 Å². The first-order valence-corrected chi connectivity index (χ1v) is 7.57. The second-order valence-corrected chi connectivity index (χ2v) is 6.36. The molecule has 23 heavy (non-hydrogen) atoms. The van der Waals surface area contributed by atoms with Crippen LogP contribution in [0.15, 0.2) is 41.6 Å². The fraction of sp³-hybridized carbons (Fsp3) is 0.412. The fourth-order valence-corrected chi connectivity index (χ4v) is 2.71. The third-order valence-electron chi connectivity index (χ3n) is 4.07. The monoisotopic (exact) mass is 316 g/mol. The Balaban J connectivity index is 1.82. The molecule has 2 heterocycles. The summed E-state index contributed by atoms with van der Waals surface area (Å²) in [4.78, 5) is 24.3. The van der Waals surface area contributed by atoms with E-state index in [4.69, 9.17) is 9.47 Å². The minimum atomic E-state index is -0.511. The van der Waals surface area contributed by atoms with Crippen molar-refractivity contribution >= 4 is 12.0 Å². The Morgan fingerprint density at radius 3 is 2.65 bits per heavy atom. The van der Waals surface area contributed by atoms with E-state index in [0.717, 1.165) is 5.56 Å². The molecule has 2 amide bonds. The molecular formula is C17H20N2O4. The minimum Gasteiger partial charge on any atom is -0.461 e. The smallest absolute Gasteiger partial charge is 0.338 e. The second kappa shape index (κ2) is 6.04. The average Bonchev–Trinajstić information content (AvgIpc) is 2.51. The van der Waals surface area contributed by atoms with Crippen molar-refractivity contribution in [3.05, 3.63) is 47.2 Å². The SMILES string of the molecule is CC1=C(C(=O)OCC2(C)COC2)C(c2ccccc2)NC(=O)N1. The predicted octanol–water partition coefficient (Wildman–Crippen LogP) is 1.89. The van der Waals surface area contributed by atoms with E-state index in [-0.39, 0.29) is 11.4 Å². The summed E-state index contributed by atoms with van der Waals surface area (Å²) >= 11 is 0. The van der Waals surface area contributed by atoms with Crippen molar-refractivity contribution in [1.82, 2.24) is 10.6 Å². The molecule has 1 fully saturated rings. The Kier molecular flexibility index (Phi) is 4.09. The van der Waals surface area contributed by atoms with Crippen LogP contribution in [0.5, 0.6) is 0 Å². The van der Waals surface area contributed by atoms with E-state index >= 15 is 0 Å². The maximum Gasteiger partial charge on any atom is 0.338 e. The summed E-state index contributed by atoms with van der Waals surface area (Å²) in [6, 6.07) is 8.53. The summed E-state index contributed by atoms with van der Waals surface area (Å²) < 4.78 is 10.6. The molecule has 3 rings (SSSR count). The summed E-state index contributed by atoms with van der Waals surface area (Å²) in [5, 5.41) is 5.42. The number of esters is 1. The molecule has 0 saturated carbocycles. The first-order chi connectivity index (χ1) is 11.0. The number of hydrogen-bond acceptors (Lipinski definition) is 4. The van der Waals surface area contributed by atoms with Gasteiger partial charge < -0.3 is 20.1 Å². The van der Waals surface area contributed by atoms with Crippen LogP contribution in [0.3, 0.4) is 0 Å². The van der Waals surface area contributed by atoms with Gasteiger partial charge in [-0.05, 0) is 12.5 Å². The number of benzene rings is 1. The van der Waals surface area contributed by atoms with Crippen molar-refractivity contribution in [2.24, 2.45) is 5.41 Å². The van der Waals surface area contributed by atoms with E-state index in [9.17, 15) is 9.59 Å². The number of rotatable bonds is 4. The Labute approximate surface area is 134 Å². The lowest BCUT2D eigenvalue weighted by atomic mass is 9.90. The van der Waals surface area contributed by atoms with Crippen LogP contribution in [0.1, 0.15) is 25.5 Å². The van der Waals surface area contributed by atoms with Crippen LogP contribution in [0.25, 0.3) is 0 Å². The van der Waals surface area contributed by atoms with Gasteiger partial charge in [0.25, 0.3) is 0 Å². The van der Waals surface area contributed by atoms with Crippen LogP contribution in [0.4, 0.5) is 4.79 Å². The molecule has 1 atom stereocenters. The molecule has 1 aromatic carbocycles. The number of nitrogens with one attached hydrogen (secondary N) is 2. The van der Waals surface area contributed by atoms with Crippen LogP contribution in [-0.4, -0.2) is 31.8 Å². The van der Waals surface area contributed by atoms with Crippen molar-refractivity contribution in [3.8, 4) is 0 Å². The highest BCUT2D eigenvalue weighted by Gasteiger charge is 2.37. The van der Waals surface area contributed by atoms with Gasteiger partial charge in [0.2, 0.25) is 0 Å². The van der Waals surface area contributed by atoms with E-state index in [2.05, 4.69) is 10.6 Å². The zero-order valence-electron chi connectivity index (χ0n) is 13.2. The van der Waals surface area contributed by atoms with Gasteiger partial charge >= 0.3 is 12.0 Å². The third-order valence-corrected chi connectivity index (χ3v) is 4.07. The van der Waals surface area contributed by atoms with Crippen molar-refractivity contribution < 1.29 is 19.1 Å². The molecule has 2 aliphatic rings. The number of allylic oxidation sites excluding steroid dienone is 1. The Morgan fingerprint density at radius 1 is 1.35 bits per heavy atom. The van der Waals surface area contributed by atoms with Gasteiger partial charge in [-0.15, -0.1) is 0 Å². The molecule has 0 aliphatic carbocycles. The highest BCUT2D eigenvalue weighted by Crippen LogP contribution is 2.30. The van der Waals surface area contributed by atoms with Gasteiger partial charge in [0.1, 0.15) is 6.61 Å². The number of urea groups is 1. The quantitative estimate of drug-likeness (QED) is 0.832. The van der Waals surface area contributed by atoms with Crippen LogP contribution in [0, 0.1) is 5.41 Å². The lowest BCUT2D eigenvalue weighted by molar-refractivity contribution is -0.161. The molecule has 6 heteroatoms. The Morgan fingerprint density at radius 2 is 2.04 bits per heavy atom.